The minimum absolute atomic E-state index is 0.283. The number of thioether (sulfide) groups is 1. The summed E-state index contributed by atoms with van der Waals surface area (Å²) in [6.07, 6.45) is 2.97. The van der Waals surface area contributed by atoms with Gasteiger partial charge >= 0.3 is 5.97 Å². The fourth-order valence-corrected chi connectivity index (χ4v) is 3.14. The standard InChI is InChI=1S/C16H15NO3S2/c1-21-8-2-7-20-13-4-3-11(9-12(13)10-17)14-5-6-15(22-14)16(18)19/h3-6,9H,2,7-8H2,1H3,(H,18,19). The highest BCUT2D eigenvalue weighted by Gasteiger charge is 2.11. The van der Waals surface area contributed by atoms with Crippen molar-refractivity contribution in [3.05, 3.63) is 40.8 Å². The van der Waals surface area contributed by atoms with E-state index in [9.17, 15) is 10.1 Å². The number of carbonyl (C=O) groups is 1. The average Bonchev–Trinajstić information content (AvgIpc) is 3.02. The van der Waals surface area contributed by atoms with E-state index < -0.39 is 5.97 Å². The molecule has 0 atom stereocenters. The molecule has 1 N–H and O–H groups in total. The van der Waals surface area contributed by atoms with Gasteiger partial charge in [0, 0.05) is 4.88 Å². The summed E-state index contributed by atoms with van der Waals surface area (Å²) in [6, 6.07) is 10.8. The minimum Gasteiger partial charge on any atom is -0.492 e. The third kappa shape index (κ3) is 4.03. The molecule has 0 spiro atoms. The molecule has 0 amide bonds. The Morgan fingerprint density at radius 2 is 2.23 bits per heavy atom. The number of thiophene rings is 1. The van der Waals surface area contributed by atoms with Gasteiger partial charge in [-0.15, -0.1) is 11.3 Å². The van der Waals surface area contributed by atoms with Crippen LogP contribution in [0.4, 0.5) is 0 Å². The number of nitrogens with zero attached hydrogens (tertiary/aromatic N) is 1. The lowest BCUT2D eigenvalue weighted by Gasteiger charge is -2.08. The van der Waals surface area contributed by atoms with Crippen LogP contribution in [0.5, 0.6) is 5.75 Å². The van der Waals surface area contributed by atoms with Gasteiger partial charge in [-0.25, -0.2) is 4.79 Å². The number of ether oxygens (including phenoxy) is 1. The zero-order valence-corrected chi connectivity index (χ0v) is 13.7. The van der Waals surface area contributed by atoms with E-state index in [1.165, 1.54) is 11.3 Å². The van der Waals surface area contributed by atoms with Gasteiger partial charge in [0.05, 0.1) is 12.2 Å². The molecule has 0 saturated carbocycles. The molecule has 0 unspecified atom stereocenters. The molecular weight excluding hydrogens is 318 g/mol. The van der Waals surface area contributed by atoms with Crippen LogP contribution in [0.15, 0.2) is 30.3 Å². The van der Waals surface area contributed by atoms with E-state index >= 15 is 0 Å². The largest absolute Gasteiger partial charge is 0.492 e. The number of benzene rings is 1. The van der Waals surface area contributed by atoms with Crippen molar-refractivity contribution in [3.63, 3.8) is 0 Å². The maximum atomic E-state index is 10.9. The van der Waals surface area contributed by atoms with E-state index in [0.717, 1.165) is 22.6 Å². The second kappa shape index (κ2) is 7.87. The first-order valence-corrected chi connectivity index (χ1v) is 8.86. The minimum atomic E-state index is -0.939. The van der Waals surface area contributed by atoms with Crippen LogP contribution < -0.4 is 4.74 Å². The van der Waals surface area contributed by atoms with Crippen molar-refractivity contribution >= 4 is 29.1 Å². The number of rotatable bonds is 7. The molecule has 1 heterocycles. The molecule has 0 bridgehead atoms. The summed E-state index contributed by atoms with van der Waals surface area (Å²) < 4.78 is 5.64. The Labute approximate surface area is 137 Å². The highest BCUT2D eigenvalue weighted by atomic mass is 32.2. The van der Waals surface area contributed by atoms with Crippen molar-refractivity contribution < 1.29 is 14.6 Å². The predicted molar refractivity (Wildman–Crippen MR) is 89.9 cm³/mol. The second-order valence-corrected chi connectivity index (χ2v) is 6.56. The van der Waals surface area contributed by atoms with Crippen LogP contribution in [0.3, 0.4) is 0 Å². The van der Waals surface area contributed by atoms with Crippen LogP contribution in [0, 0.1) is 11.3 Å². The van der Waals surface area contributed by atoms with Gasteiger partial charge in [0.15, 0.2) is 0 Å². The molecule has 0 aliphatic heterocycles. The molecule has 0 fully saturated rings. The summed E-state index contributed by atoms with van der Waals surface area (Å²) >= 11 is 2.95. The summed E-state index contributed by atoms with van der Waals surface area (Å²) in [5.74, 6) is 0.653. The molecule has 0 aliphatic carbocycles. The van der Waals surface area contributed by atoms with Crippen molar-refractivity contribution in [2.24, 2.45) is 0 Å². The SMILES string of the molecule is CSCCCOc1ccc(-c2ccc(C(=O)O)s2)cc1C#N. The Bertz CT molecular complexity index is 704. The van der Waals surface area contributed by atoms with Crippen LogP contribution in [0.25, 0.3) is 10.4 Å². The first-order chi connectivity index (χ1) is 10.7. The summed E-state index contributed by atoms with van der Waals surface area (Å²) in [5.41, 5.74) is 1.29. The second-order valence-electron chi connectivity index (χ2n) is 4.49. The Hall–Kier alpha value is -1.97. The Morgan fingerprint density at radius 3 is 2.86 bits per heavy atom. The van der Waals surface area contributed by atoms with Crippen molar-refractivity contribution in [2.45, 2.75) is 6.42 Å². The number of carboxylic acid groups (broad SMARTS) is 1. The number of nitriles is 1. The maximum absolute atomic E-state index is 10.9. The highest BCUT2D eigenvalue weighted by Crippen LogP contribution is 2.31. The molecule has 114 valence electrons. The smallest absolute Gasteiger partial charge is 0.345 e. The fraction of sp³-hybridized carbons (Fsp3) is 0.250. The lowest BCUT2D eigenvalue weighted by atomic mass is 10.1. The first kappa shape index (κ1) is 16.4. The molecule has 4 nitrogen and oxygen atoms in total. The van der Waals surface area contributed by atoms with Crippen molar-refractivity contribution in [1.82, 2.24) is 0 Å². The zero-order chi connectivity index (χ0) is 15.9. The molecule has 2 aromatic rings. The lowest BCUT2D eigenvalue weighted by Crippen LogP contribution is -2.00. The van der Waals surface area contributed by atoms with Crippen LogP contribution in [-0.2, 0) is 0 Å². The number of hydrogen-bond acceptors (Lipinski definition) is 5. The van der Waals surface area contributed by atoms with Crippen LogP contribution in [0.1, 0.15) is 21.7 Å². The Kier molecular flexibility index (Phi) is 5.87. The van der Waals surface area contributed by atoms with Crippen LogP contribution in [0.2, 0.25) is 0 Å². The molecule has 0 saturated heterocycles. The fourth-order valence-electron chi connectivity index (χ4n) is 1.89. The van der Waals surface area contributed by atoms with Crippen LogP contribution in [-0.4, -0.2) is 29.7 Å². The summed E-state index contributed by atoms with van der Waals surface area (Å²) in [6.45, 7) is 0.580. The van der Waals surface area contributed by atoms with Gasteiger partial charge in [-0.3, -0.25) is 0 Å². The summed E-state index contributed by atoms with van der Waals surface area (Å²) in [7, 11) is 0. The van der Waals surface area contributed by atoms with E-state index in [-0.39, 0.29) is 4.88 Å². The van der Waals surface area contributed by atoms with E-state index in [4.69, 9.17) is 9.84 Å². The van der Waals surface area contributed by atoms with Gasteiger partial charge < -0.3 is 9.84 Å². The Morgan fingerprint density at radius 1 is 1.41 bits per heavy atom. The molecular formula is C16H15NO3S2. The van der Waals surface area contributed by atoms with Crippen molar-refractivity contribution in [3.8, 4) is 22.3 Å². The molecule has 2 rings (SSSR count). The third-order valence-electron chi connectivity index (χ3n) is 2.95. The third-order valence-corrected chi connectivity index (χ3v) is 4.77. The van der Waals surface area contributed by atoms with E-state index in [1.54, 1.807) is 36.0 Å². The van der Waals surface area contributed by atoms with Gasteiger partial charge in [-0.05, 0) is 54.3 Å². The van der Waals surface area contributed by atoms with Crippen molar-refractivity contribution in [1.29, 1.82) is 5.26 Å². The Balaban J connectivity index is 2.17. The molecule has 1 aromatic heterocycles. The topological polar surface area (TPSA) is 70.3 Å². The van der Waals surface area contributed by atoms with Gasteiger partial charge in [-0.2, -0.15) is 17.0 Å². The molecule has 6 heteroatoms. The lowest BCUT2D eigenvalue weighted by molar-refractivity contribution is 0.0702. The van der Waals surface area contributed by atoms with Crippen LogP contribution >= 0.6 is 23.1 Å². The van der Waals surface area contributed by atoms with E-state index in [1.807, 2.05) is 12.3 Å². The number of carboxylic acids is 1. The predicted octanol–water partition coefficient (Wildman–Crippen LogP) is 4.12. The van der Waals surface area contributed by atoms with E-state index in [0.29, 0.717) is 17.9 Å². The number of aromatic carboxylic acids is 1. The molecule has 0 radical (unpaired) electrons. The summed E-state index contributed by atoms with van der Waals surface area (Å²) in [4.78, 5) is 12.0. The molecule has 1 aromatic carbocycles. The van der Waals surface area contributed by atoms with Gasteiger partial charge in [-0.1, -0.05) is 0 Å². The quantitative estimate of drug-likeness (QED) is 0.772. The summed E-state index contributed by atoms with van der Waals surface area (Å²) in [5, 5.41) is 18.2. The average molecular weight is 333 g/mol. The normalized spacial score (nSPS) is 10.2. The van der Waals surface area contributed by atoms with E-state index in [2.05, 4.69) is 6.07 Å². The maximum Gasteiger partial charge on any atom is 0.345 e. The van der Waals surface area contributed by atoms with Gasteiger partial charge in [0.2, 0.25) is 0 Å². The monoisotopic (exact) mass is 333 g/mol. The van der Waals surface area contributed by atoms with Crippen molar-refractivity contribution in [2.75, 3.05) is 18.6 Å². The first-order valence-electron chi connectivity index (χ1n) is 6.65. The zero-order valence-electron chi connectivity index (χ0n) is 12.0. The molecule has 0 aliphatic rings. The highest BCUT2D eigenvalue weighted by molar-refractivity contribution is 7.98. The molecule has 22 heavy (non-hydrogen) atoms. The van der Waals surface area contributed by atoms with Gasteiger partial charge in [0.25, 0.3) is 0 Å². The van der Waals surface area contributed by atoms with Gasteiger partial charge in [0.1, 0.15) is 16.7 Å². The number of hydrogen-bond donors (Lipinski definition) is 1.